The Kier molecular flexibility index (Phi) is 5.69. The van der Waals surface area contributed by atoms with Crippen molar-refractivity contribution < 1.29 is 13.2 Å². The Hall–Kier alpha value is -2.45. The number of alkyl halides is 2. The van der Waals surface area contributed by atoms with E-state index in [1.165, 1.54) is 29.8 Å². The molecule has 5 rings (SSSR count). The van der Waals surface area contributed by atoms with E-state index in [1.54, 1.807) is 30.1 Å². The van der Waals surface area contributed by atoms with Crippen LogP contribution in [-0.2, 0) is 0 Å². The Morgan fingerprint density at radius 1 is 1.36 bits per heavy atom. The van der Waals surface area contributed by atoms with Gasteiger partial charge in [0, 0.05) is 34.5 Å². The first kappa shape index (κ1) is 22.3. The van der Waals surface area contributed by atoms with Gasteiger partial charge < -0.3 is 4.90 Å². The number of nitrogens with zero attached hydrogens (tertiary/aromatic N) is 4. The van der Waals surface area contributed by atoms with Crippen LogP contribution >= 0.6 is 23.4 Å². The average Bonchev–Trinajstić information content (AvgIpc) is 3.52. The van der Waals surface area contributed by atoms with Gasteiger partial charge in [-0.2, -0.15) is 5.10 Å². The molecule has 3 aliphatic rings. The highest BCUT2D eigenvalue weighted by Gasteiger charge is 2.47. The van der Waals surface area contributed by atoms with E-state index in [4.69, 9.17) is 16.6 Å². The standard InChI is InChI=1S/C24H22ClF3N4S/c1-3-24(28)12-19-21(18-8-9-32(30-18)14(2)26)22(16-7-6-15(27)11-17(16)25)29-23(31(19)13-24)20-5-4-10-33-20/h3-4,6-11,14,20,22H,1,5,12-13H2,2H3/t14?,20?,22-,24?/m0/s1. The lowest BCUT2D eigenvalue weighted by Crippen LogP contribution is -2.39. The molecular formula is C24H22ClF3N4S. The van der Waals surface area contributed by atoms with Gasteiger partial charge in [0.05, 0.1) is 17.5 Å². The number of aromatic nitrogens is 2. The topological polar surface area (TPSA) is 33.4 Å². The van der Waals surface area contributed by atoms with Crippen LogP contribution in [0.1, 0.15) is 43.4 Å². The molecule has 3 aliphatic heterocycles. The monoisotopic (exact) mass is 490 g/mol. The zero-order valence-corrected chi connectivity index (χ0v) is 19.5. The lowest BCUT2D eigenvalue weighted by molar-refractivity contribution is 0.245. The number of rotatable bonds is 5. The van der Waals surface area contributed by atoms with E-state index in [0.29, 0.717) is 16.8 Å². The first-order valence-corrected chi connectivity index (χ1v) is 12.0. The van der Waals surface area contributed by atoms with Crippen LogP contribution in [0.5, 0.6) is 0 Å². The Morgan fingerprint density at radius 3 is 2.82 bits per heavy atom. The Balaban J connectivity index is 1.72. The molecule has 0 spiro atoms. The Bertz CT molecular complexity index is 1200. The van der Waals surface area contributed by atoms with Crippen molar-refractivity contribution in [2.45, 2.75) is 43.0 Å². The third-order valence-corrected chi connectivity index (χ3v) is 7.59. The molecule has 0 aliphatic carbocycles. The third kappa shape index (κ3) is 3.93. The molecule has 4 heterocycles. The molecule has 0 amide bonds. The number of fused-ring (bicyclic) bond motifs is 1. The molecule has 0 saturated carbocycles. The minimum absolute atomic E-state index is 0.0267. The van der Waals surface area contributed by atoms with Crippen molar-refractivity contribution >= 4 is 34.8 Å². The van der Waals surface area contributed by atoms with Crippen molar-refractivity contribution in [2.75, 3.05) is 6.54 Å². The molecule has 0 N–H and O–H groups in total. The number of halogens is 4. The van der Waals surface area contributed by atoms with Crippen molar-refractivity contribution in [3.8, 4) is 0 Å². The fourth-order valence-corrected chi connectivity index (χ4v) is 5.75. The van der Waals surface area contributed by atoms with E-state index in [1.807, 2.05) is 10.3 Å². The predicted octanol–water partition coefficient (Wildman–Crippen LogP) is 6.65. The van der Waals surface area contributed by atoms with Crippen LogP contribution in [0, 0.1) is 5.82 Å². The van der Waals surface area contributed by atoms with E-state index in [2.05, 4.69) is 17.8 Å². The Morgan fingerprint density at radius 2 is 2.18 bits per heavy atom. The number of aliphatic imine (C=N–C) groups is 1. The summed E-state index contributed by atoms with van der Waals surface area (Å²) in [4.78, 5) is 6.96. The lowest BCUT2D eigenvalue weighted by atomic mass is 9.91. The fraction of sp³-hybridized carbons (Fsp3) is 0.333. The summed E-state index contributed by atoms with van der Waals surface area (Å²) in [6, 6.07) is 5.23. The molecule has 4 nitrogen and oxygen atoms in total. The second-order valence-electron chi connectivity index (χ2n) is 8.40. The van der Waals surface area contributed by atoms with Gasteiger partial charge in [-0.1, -0.05) is 36.4 Å². The molecule has 1 saturated heterocycles. The van der Waals surface area contributed by atoms with Crippen LogP contribution in [0.4, 0.5) is 13.2 Å². The van der Waals surface area contributed by atoms with Crippen LogP contribution in [0.25, 0.3) is 5.57 Å². The van der Waals surface area contributed by atoms with Gasteiger partial charge in [-0.25, -0.2) is 17.9 Å². The van der Waals surface area contributed by atoms with Gasteiger partial charge in [-0.15, -0.1) is 11.8 Å². The highest BCUT2D eigenvalue weighted by atomic mass is 35.5. The van der Waals surface area contributed by atoms with Crippen molar-refractivity contribution in [3.63, 3.8) is 0 Å². The zero-order valence-electron chi connectivity index (χ0n) is 17.9. The summed E-state index contributed by atoms with van der Waals surface area (Å²) in [5.74, 6) is 0.287. The number of allylic oxidation sites excluding steroid dienone is 2. The van der Waals surface area contributed by atoms with E-state index >= 15 is 4.39 Å². The Labute approximate surface area is 199 Å². The summed E-state index contributed by atoms with van der Waals surface area (Å²) in [6.45, 7) is 5.19. The van der Waals surface area contributed by atoms with E-state index in [0.717, 1.165) is 18.0 Å². The molecule has 1 aromatic heterocycles. The number of hydrogen-bond donors (Lipinski definition) is 0. The fourth-order valence-electron chi connectivity index (χ4n) is 4.53. The summed E-state index contributed by atoms with van der Waals surface area (Å²) in [5, 5.41) is 6.68. The van der Waals surface area contributed by atoms with Crippen molar-refractivity contribution in [1.29, 1.82) is 0 Å². The van der Waals surface area contributed by atoms with Crippen LogP contribution in [0.2, 0.25) is 5.02 Å². The summed E-state index contributed by atoms with van der Waals surface area (Å²) in [6.07, 6.45) is 4.47. The van der Waals surface area contributed by atoms with Crippen LogP contribution in [-0.4, -0.2) is 38.0 Å². The van der Waals surface area contributed by atoms with E-state index < -0.39 is 23.8 Å². The van der Waals surface area contributed by atoms with Gasteiger partial charge in [-0.3, -0.25) is 4.99 Å². The minimum Gasteiger partial charge on any atom is -0.329 e. The number of hydrogen-bond acceptors (Lipinski definition) is 4. The van der Waals surface area contributed by atoms with Gasteiger partial charge >= 0.3 is 0 Å². The second kappa shape index (κ2) is 8.40. The maximum Gasteiger partial charge on any atom is 0.188 e. The predicted molar refractivity (Wildman–Crippen MR) is 127 cm³/mol. The summed E-state index contributed by atoms with van der Waals surface area (Å²) >= 11 is 8.09. The first-order valence-electron chi connectivity index (χ1n) is 10.7. The SMILES string of the molecule is C=CC1(F)CC2=C(c3ccn(C(C)F)n3)[C@H](c3ccc(F)cc3Cl)N=C(C3CC=CS3)N2C1. The van der Waals surface area contributed by atoms with Gasteiger partial charge in [0.1, 0.15) is 17.7 Å². The number of thioether (sulfide) groups is 1. The molecule has 2 aromatic rings. The highest BCUT2D eigenvalue weighted by Crippen LogP contribution is 2.49. The van der Waals surface area contributed by atoms with Crippen LogP contribution < -0.4 is 0 Å². The van der Waals surface area contributed by atoms with Gasteiger partial charge in [0.25, 0.3) is 0 Å². The van der Waals surface area contributed by atoms with E-state index in [-0.39, 0.29) is 23.2 Å². The summed E-state index contributed by atoms with van der Waals surface area (Å²) in [7, 11) is 0. The molecule has 33 heavy (non-hydrogen) atoms. The molecule has 1 aromatic carbocycles. The largest absolute Gasteiger partial charge is 0.329 e. The molecule has 0 radical (unpaired) electrons. The van der Waals surface area contributed by atoms with Gasteiger partial charge in [0.2, 0.25) is 0 Å². The maximum absolute atomic E-state index is 15.7. The molecule has 172 valence electrons. The average molecular weight is 491 g/mol. The number of amidine groups is 1. The van der Waals surface area contributed by atoms with Crippen molar-refractivity contribution in [1.82, 2.24) is 14.7 Å². The molecule has 9 heteroatoms. The highest BCUT2D eigenvalue weighted by molar-refractivity contribution is 8.03. The minimum atomic E-state index is -1.64. The van der Waals surface area contributed by atoms with Crippen molar-refractivity contribution in [2.24, 2.45) is 4.99 Å². The molecule has 4 atom stereocenters. The lowest BCUT2D eigenvalue weighted by Gasteiger charge is -2.35. The molecule has 1 fully saturated rings. The maximum atomic E-state index is 15.7. The molecular weight excluding hydrogens is 469 g/mol. The quantitative estimate of drug-likeness (QED) is 0.440. The summed E-state index contributed by atoms with van der Waals surface area (Å²) < 4.78 is 44.7. The van der Waals surface area contributed by atoms with Crippen molar-refractivity contribution in [3.05, 3.63) is 82.4 Å². The first-order chi connectivity index (χ1) is 15.8. The summed E-state index contributed by atoms with van der Waals surface area (Å²) in [5.41, 5.74) is 0.792. The smallest absolute Gasteiger partial charge is 0.188 e. The zero-order chi connectivity index (χ0) is 23.3. The van der Waals surface area contributed by atoms with Gasteiger partial charge in [-0.05, 0) is 37.0 Å². The van der Waals surface area contributed by atoms with Crippen LogP contribution in [0.3, 0.4) is 0 Å². The normalized spacial score (nSPS) is 27.7. The van der Waals surface area contributed by atoms with Gasteiger partial charge in [0.15, 0.2) is 12.0 Å². The number of benzene rings is 1. The van der Waals surface area contributed by atoms with Crippen LogP contribution in [0.15, 0.2) is 65.3 Å². The second-order valence-corrected chi connectivity index (χ2v) is 9.93. The third-order valence-electron chi connectivity index (χ3n) is 6.18. The molecule has 3 unspecified atom stereocenters. The molecule has 0 bridgehead atoms. The van der Waals surface area contributed by atoms with E-state index in [9.17, 15) is 8.78 Å².